The van der Waals surface area contributed by atoms with Gasteiger partial charge in [-0.15, -0.1) is 0 Å². The van der Waals surface area contributed by atoms with Crippen LogP contribution in [-0.2, 0) is 0 Å². The van der Waals surface area contributed by atoms with Gasteiger partial charge >= 0.3 is 0 Å². The van der Waals surface area contributed by atoms with E-state index < -0.39 is 11.5 Å². The highest BCUT2D eigenvalue weighted by Gasteiger charge is 2.43. The van der Waals surface area contributed by atoms with Crippen molar-refractivity contribution in [2.75, 3.05) is 0 Å². The monoisotopic (exact) mass is 269 g/mol. The lowest BCUT2D eigenvalue weighted by Crippen LogP contribution is -2.33. The number of hydrogen-bond donors (Lipinski definition) is 1. The lowest BCUT2D eigenvalue weighted by Gasteiger charge is -2.38. The fourth-order valence-electron chi connectivity index (χ4n) is 3.83. The van der Waals surface area contributed by atoms with Gasteiger partial charge in [-0.05, 0) is 48.6 Å². The van der Waals surface area contributed by atoms with Gasteiger partial charge in [0.2, 0.25) is 0 Å². The first-order valence-corrected chi connectivity index (χ1v) is 7.84. The maximum absolute atomic E-state index is 10.9. The summed E-state index contributed by atoms with van der Waals surface area (Å²) in [6.07, 6.45) is 5.70. The summed E-state index contributed by atoms with van der Waals surface area (Å²) in [6.45, 7) is 2.20. The minimum Gasteiger partial charge on any atom is -0.387 e. The summed E-state index contributed by atoms with van der Waals surface area (Å²) in [5, 5.41) is 20.7. The van der Waals surface area contributed by atoms with E-state index in [1.165, 1.54) is 24.8 Å². The first-order valence-electron chi connectivity index (χ1n) is 7.84. The normalized spacial score (nSPS) is 31.6. The van der Waals surface area contributed by atoms with Crippen LogP contribution in [0.5, 0.6) is 0 Å². The minimum atomic E-state index is -0.632. The van der Waals surface area contributed by atoms with E-state index in [0.29, 0.717) is 11.8 Å². The van der Waals surface area contributed by atoms with Gasteiger partial charge in [0.25, 0.3) is 0 Å². The van der Waals surface area contributed by atoms with E-state index in [1.807, 2.05) is 18.2 Å². The van der Waals surface area contributed by atoms with E-state index in [2.05, 4.69) is 19.1 Å². The summed E-state index contributed by atoms with van der Waals surface area (Å²) < 4.78 is 0. The summed E-state index contributed by atoms with van der Waals surface area (Å²) in [4.78, 5) is 0. The molecule has 2 heteroatoms. The Hall–Kier alpha value is -1.33. The van der Waals surface area contributed by atoms with Crippen LogP contribution >= 0.6 is 0 Å². The maximum Gasteiger partial charge on any atom is 0.0979 e. The van der Waals surface area contributed by atoms with Gasteiger partial charge in [0.05, 0.1) is 17.6 Å². The molecule has 0 spiro atoms. The van der Waals surface area contributed by atoms with Gasteiger partial charge in [-0.2, -0.15) is 5.26 Å². The molecule has 3 rings (SSSR count). The molecular weight excluding hydrogens is 246 g/mol. The van der Waals surface area contributed by atoms with Crippen molar-refractivity contribution in [3.8, 4) is 6.07 Å². The summed E-state index contributed by atoms with van der Waals surface area (Å²) in [7, 11) is 0. The number of nitriles is 1. The molecule has 2 aliphatic carbocycles. The van der Waals surface area contributed by atoms with Crippen LogP contribution < -0.4 is 0 Å². The summed E-state index contributed by atoms with van der Waals surface area (Å²) in [5.41, 5.74) is 1.70. The Morgan fingerprint density at radius 2 is 2.05 bits per heavy atom. The zero-order valence-electron chi connectivity index (χ0n) is 12.2. The molecule has 3 atom stereocenters. The number of nitrogens with zero attached hydrogens (tertiary/aromatic N) is 1. The van der Waals surface area contributed by atoms with Crippen molar-refractivity contribution in [2.24, 2.45) is 11.3 Å². The van der Waals surface area contributed by atoms with Gasteiger partial charge in [0.1, 0.15) is 0 Å². The van der Waals surface area contributed by atoms with Crippen LogP contribution in [0.15, 0.2) is 24.3 Å². The Morgan fingerprint density at radius 1 is 1.30 bits per heavy atom. The molecule has 1 aromatic carbocycles. The van der Waals surface area contributed by atoms with E-state index in [4.69, 9.17) is 0 Å². The van der Waals surface area contributed by atoms with Gasteiger partial charge in [-0.25, -0.2) is 0 Å². The first-order chi connectivity index (χ1) is 9.66. The molecule has 0 bridgehead atoms. The number of aliphatic hydroxyl groups is 1. The molecule has 0 aliphatic heterocycles. The van der Waals surface area contributed by atoms with Crippen molar-refractivity contribution >= 4 is 0 Å². The predicted octanol–water partition coefficient (Wildman–Crippen LogP) is 4.32. The van der Waals surface area contributed by atoms with Gasteiger partial charge in [0.15, 0.2) is 0 Å². The van der Waals surface area contributed by atoms with Crippen LogP contribution in [0, 0.1) is 22.7 Å². The van der Waals surface area contributed by atoms with Crippen molar-refractivity contribution in [3.63, 3.8) is 0 Å². The van der Waals surface area contributed by atoms with Crippen LogP contribution in [0.4, 0.5) is 0 Å². The van der Waals surface area contributed by atoms with E-state index in [0.717, 1.165) is 24.8 Å². The first kappa shape index (κ1) is 13.6. The second-order valence-corrected chi connectivity index (χ2v) is 6.78. The maximum atomic E-state index is 10.9. The molecule has 0 amide bonds. The molecule has 1 aromatic rings. The Kier molecular flexibility index (Phi) is 3.56. The molecule has 3 unspecified atom stereocenters. The van der Waals surface area contributed by atoms with Gasteiger partial charge in [0, 0.05) is 0 Å². The second-order valence-electron chi connectivity index (χ2n) is 6.78. The molecule has 0 aromatic heterocycles. The highest BCUT2D eigenvalue weighted by molar-refractivity contribution is 5.37. The summed E-state index contributed by atoms with van der Waals surface area (Å²) >= 11 is 0. The van der Waals surface area contributed by atoms with Crippen LogP contribution in [0.3, 0.4) is 0 Å². The van der Waals surface area contributed by atoms with Gasteiger partial charge in [-0.3, -0.25) is 0 Å². The number of benzene rings is 1. The molecule has 1 N–H and O–H groups in total. The Morgan fingerprint density at radius 3 is 2.70 bits per heavy atom. The van der Waals surface area contributed by atoms with Crippen molar-refractivity contribution in [1.82, 2.24) is 0 Å². The van der Waals surface area contributed by atoms with E-state index in [-0.39, 0.29) is 0 Å². The highest BCUT2D eigenvalue weighted by atomic mass is 16.3. The van der Waals surface area contributed by atoms with Crippen molar-refractivity contribution < 1.29 is 5.11 Å². The largest absolute Gasteiger partial charge is 0.387 e. The minimum absolute atomic E-state index is 0.533. The topological polar surface area (TPSA) is 44.0 Å². The molecule has 0 radical (unpaired) electrons. The quantitative estimate of drug-likeness (QED) is 0.888. The van der Waals surface area contributed by atoms with E-state index >= 15 is 0 Å². The van der Waals surface area contributed by atoms with E-state index in [1.54, 1.807) is 0 Å². The predicted molar refractivity (Wildman–Crippen MR) is 79.1 cm³/mol. The Balaban J connectivity index is 1.94. The molecule has 2 saturated carbocycles. The number of rotatable bonds is 3. The van der Waals surface area contributed by atoms with Crippen molar-refractivity contribution in [2.45, 2.75) is 57.5 Å². The molecule has 2 nitrogen and oxygen atoms in total. The van der Waals surface area contributed by atoms with Crippen LogP contribution in [-0.4, -0.2) is 5.11 Å². The average molecular weight is 269 g/mol. The summed E-state index contributed by atoms with van der Waals surface area (Å²) in [5.74, 6) is 1.14. The lowest BCUT2D eigenvalue weighted by molar-refractivity contribution is 0.0213. The van der Waals surface area contributed by atoms with Crippen LogP contribution in [0.2, 0.25) is 0 Å². The van der Waals surface area contributed by atoms with E-state index in [9.17, 15) is 10.4 Å². The lowest BCUT2D eigenvalue weighted by atomic mass is 9.66. The fraction of sp³-hybridized carbons (Fsp3) is 0.611. The third-order valence-electron chi connectivity index (χ3n) is 5.09. The summed E-state index contributed by atoms with van der Waals surface area (Å²) in [6, 6.07) is 10.7. The number of hydrogen-bond acceptors (Lipinski definition) is 2. The zero-order chi connectivity index (χ0) is 14.2. The fourth-order valence-corrected chi connectivity index (χ4v) is 3.83. The van der Waals surface area contributed by atoms with Gasteiger partial charge < -0.3 is 5.11 Å². The molecule has 20 heavy (non-hydrogen) atoms. The average Bonchev–Trinajstić information content (AvgIpc) is 3.31. The molecular formula is C18H23NO. The molecule has 2 fully saturated rings. The smallest absolute Gasteiger partial charge is 0.0979 e. The standard InChI is InChI=1S/C18H23NO/c1-13-5-4-10-18(11-13,12-19)17(20)16-7-3-2-6-15(16)14-8-9-14/h2-3,6-7,13-14,17,20H,4-5,8-11H2,1H3. The molecule has 0 saturated heterocycles. The van der Waals surface area contributed by atoms with Gasteiger partial charge in [-0.1, -0.05) is 44.0 Å². The zero-order valence-corrected chi connectivity index (χ0v) is 12.2. The van der Waals surface area contributed by atoms with Crippen molar-refractivity contribution in [3.05, 3.63) is 35.4 Å². The van der Waals surface area contributed by atoms with Crippen LogP contribution in [0.25, 0.3) is 0 Å². The second kappa shape index (κ2) is 5.22. The molecule has 0 heterocycles. The third kappa shape index (κ3) is 2.36. The Bertz CT molecular complexity index is 528. The number of aliphatic hydroxyl groups excluding tert-OH is 1. The molecule has 106 valence electrons. The van der Waals surface area contributed by atoms with Crippen LogP contribution in [0.1, 0.15) is 68.6 Å². The van der Waals surface area contributed by atoms with Crippen molar-refractivity contribution in [1.29, 1.82) is 5.26 Å². The molecule has 2 aliphatic rings. The third-order valence-corrected chi connectivity index (χ3v) is 5.09. The highest BCUT2D eigenvalue weighted by Crippen LogP contribution is 2.51. The SMILES string of the molecule is CC1CCCC(C#N)(C(O)c2ccccc2C2CC2)C1. The Labute approximate surface area is 121 Å².